The van der Waals surface area contributed by atoms with Crippen molar-refractivity contribution in [1.29, 1.82) is 0 Å². The molecule has 1 N–H and O–H groups in total. The molecule has 0 bridgehead atoms. The second-order valence-electron chi connectivity index (χ2n) is 4.69. The van der Waals surface area contributed by atoms with Gasteiger partial charge in [0.25, 0.3) is 0 Å². The number of halogens is 1. The molecule has 94 valence electrons. The van der Waals surface area contributed by atoms with E-state index in [4.69, 9.17) is 0 Å². The Kier molecular flexibility index (Phi) is 4.20. The molecule has 0 aromatic heterocycles. The van der Waals surface area contributed by atoms with E-state index < -0.39 is 5.97 Å². The largest absolute Gasteiger partial charge is 0.478 e. The lowest BCUT2D eigenvalue weighted by Gasteiger charge is -2.37. The van der Waals surface area contributed by atoms with Crippen molar-refractivity contribution in [2.75, 3.05) is 11.9 Å². The fourth-order valence-corrected chi connectivity index (χ4v) is 1.90. The van der Waals surface area contributed by atoms with Gasteiger partial charge in [0, 0.05) is 17.1 Å². The summed E-state index contributed by atoms with van der Waals surface area (Å²) in [7, 11) is 1.93. The topological polar surface area (TPSA) is 40.5 Å². The average molecular weight is 300 g/mol. The molecule has 1 aromatic carbocycles. The summed E-state index contributed by atoms with van der Waals surface area (Å²) < 4.78 is 0.779. The summed E-state index contributed by atoms with van der Waals surface area (Å²) in [6.07, 6.45) is 0.943. The fourth-order valence-electron chi connectivity index (χ4n) is 1.54. The van der Waals surface area contributed by atoms with Crippen molar-refractivity contribution in [3.05, 3.63) is 28.2 Å². The first-order valence-electron chi connectivity index (χ1n) is 5.56. The second kappa shape index (κ2) is 5.08. The van der Waals surface area contributed by atoms with Crippen molar-refractivity contribution in [3.63, 3.8) is 0 Å². The van der Waals surface area contributed by atoms with Gasteiger partial charge in [-0.25, -0.2) is 4.79 Å². The lowest BCUT2D eigenvalue weighted by molar-refractivity contribution is 0.0697. The molecule has 1 aromatic rings. The van der Waals surface area contributed by atoms with E-state index in [-0.39, 0.29) is 5.54 Å². The van der Waals surface area contributed by atoms with Gasteiger partial charge in [-0.15, -0.1) is 0 Å². The molecule has 0 atom stereocenters. The number of nitrogens with zero attached hydrogens (tertiary/aromatic N) is 1. The fraction of sp³-hybridized carbons (Fsp3) is 0.462. The Hall–Kier alpha value is -1.03. The van der Waals surface area contributed by atoms with Crippen LogP contribution in [0.4, 0.5) is 5.69 Å². The Labute approximate surface area is 111 Å². The van der Waals surface area contributed by atoms with Gasteiger partial charge in [-0.3, -0.25) is 0 Å². The van der Waals surface area contributed by atoms with Crippen molar-refractivity contribution in [3.8, 4) is 0 Å². The van der Waals surface area contributed by atoms with E-state index >= 15 is 0 Å². The second-order valence-corrected chi connectivity index (χ2v) is 5.61. The van der Waals surface area contributed by atoms with Crippen LogP contribution in [0.15, 0.2) is 22.7 Å². The van der Waals surface area contributed by atoms with Gasteiger partial charge in [0.15, 0.2) is 0 Å². The number of rotatable bonds is 4. The monoisotopic (exact) mass is 299 g/mol. The number of carboxylic acid groups (broad SMARTS) is 1. The Morgan fingerprint density at radius 1 is 1.47 bits per heavy atom. The maximum Gasteiger partial charge on any atom is 0.337 e. The molecule has 17 heavy (non-hydrogen) atoms. The number of hydrogen-bond donors (Lipinski definition) is 1. The van der Waals surface area contributed by atoms with Gasteiger partial charge in [-0.2, -0.15) is 0 Å². The van der Waals surface area contributed by atoms with E-state index in [1.807, 2.05) is 24.1 Å². The van der Waals surface area contributed by atoms with Crippen molar-refractivity contribution in [2.45, 2.75) is 32.7 Å². The smallest absolute Gasteiger partial charge is 0.337 e. The van der Waals surface area contributed by atoms with E-state index in [2.05, 4.69) is 36.7 Å². The van der Waals surface area contributed by atoms with Crippen LogP contribution in [-0.4, -0.2) is 23.7 Å². The quantitative estimate of drug-likeness (QED) is 0.920. The first kappa shape index (κ1) is 14.0. The van der Waals surface area contributed by atoms with Crippen molar-refractivity contribution >= 4 is 27.6 Å². The molecule has 3 nitrogen and oxygen atoms in total. The van der Waals surface area contributed by atoms with E-state index in [0.29, 0.717) is 5.56 Å². The minimum absolute atomic E-state index is 0.0714. The molecule has 0 unspecified atom stereocenters. The summed E-state index contributed by atoms with van der Waals surface area (Å²) in [4.78, 5) is 13.3. The number of carbonyl (C=O) groups is 1. The van der Waals surface area contributed by atoms with Crippen molar-refractivity contribution < 1.29 is 9.90 Å². The summed E-state index contributed by atoms with van der Waals surface area (Å²) >= 11 is 3.30. The molecule has 0 spiro atoms. The number of aromatic carboxylic acids is 1. The molecule has 0 aliphatic heterocycles. The highest BCUT2D eigenvalue weighted by molar-refractivity contribution is 9.10. The summed E-state index contributed by atoms with van der Waals surface area (Å²) in [5.74, 6) is -0.903. The van der Waals surface area contributed by atoms with E-state index in [1.165, 1.54) is 0 Å². The predicted molar refractivity (Wildman–Crippen MR) is 73.9 cm³/mol. The third kappa shape index (κ3) is 3.00. The van der Waals surface area contributed by atoms with Gasteiger partial charge in [0.1, 0.15) is 0 Å². The predicted octanol–water partition coefficient (Wildman–Crippen LogP) is 3.77. The first-order valence-corrected chi connectivity index (χ1v) is 6.35. The molecule has 0 heterocycles. The molecule has 0 aliphatic carbocycles. The molecular formula is C13H18BrNO2. The van der Waals surface area contributed by atoms with Crippen LogP contribution >= 0.6 is 15.9 Å². The van der Waals surface area contributed by atoms with Gasteiger partial charge in [0.2, 0.25) is 0 Å². The van der Waals surface area contributed by atoms with Crippen LogP contribution in [0.2, 0.25) is 0 Å². The number of benzene rings is 1. The molecule has 0 saturated heterocycles. The van der Waals surface area contributed by atoms with Crippen LogP contribution in [0.3, 0.4) is 0 Å². The molecule has 0 radical (unpaired) electrons. The van der Waals surface area contributed by atoms with Crippen LogP contribution in [0.1, 0.15) is 37.6 Å². The zero-order valence-corrected chi connectivity index (χ0v) is 12.2. The van der Waals surface area contributed by atoms with Gasteiger partial charge in [-0.1, -0.05) is 22.9 Å². The Morgan fingerprint density at radius 3 is 2.53 bits per heavy atom. The van der Waals surface area contributed by atoms with Crippen LogP contribution in [-0.2, 0) is 0 Å². The summed E-state index contributed by atoms with van der Waals surface area (Å²) in [6, 6.07) is 5.34. The summed E-state index contributed by atoms with van der Waals surface area (Å²) in [5.41, 5.74) is 0.994. The zero-order valence-electron chi connectivity index (χ0n) is 10.6. The summed E-state index contributed by atoms with van der Waals surface area (Å²) in [6.45, 7) is 6.29. The van der Waals surface area contributed by atoms with E-state index in [1.54, 1.807) is 6.07 Å². The highest BCUT2D eigenvalue weighted by Crippen LogP contribution is 2.30. The van der Waals surface area contributed by atoms with Crippen LogP contribution in [0.25, 0.3) is 0 Å². The molecule has 0 aliphatic rings. The maximum atomic E-state index is 11.2. The van der Waals surface area contributed by atoms with Gasteiger partial charge >= 0.3 is 5.97 Å². The zero-order chi connectivity index (χ0) is 13.2. The summed E-state index contributed by atoms with van der Waals surface area (Å²) in [5, 5.41) is 9.23. The first-order chi connectivity index (χ1) is 7.79. The lowest BCUT2D eigenvalue weighted by atomic mass is 9.98. The van der Waals surface area contributed by atoms with Crippen LogP contribution in [0.5, 0.6) is 0 Å². The van der Waals surface area contributed by atoms with E-state index in [0.717, 1.165) is 16.6 Å². The molecule has 0 amide bonds. The van der Waals surface area contributed by atoms with Crippen molar-refractivity contribution in [2.24, 2.45) is 0 Å². The minimum Gasteiger partial charge on any atom is -0.478 e. The average Bonchev–Trinajstić information content (AvgIpc) is 2.28. The van der Waals surface area contributed by atoms with Gasteiger partial charge < -0.3 is 10.0 Å². The molecular weight excluding hydrogens is 282 g/mol. The Balaban J connectivity index is 3.26. The van der Waals surface area contributed by atoms with Crippen LogP contribution in [0, 0.1) is 0 Å². The molecule has 1 rings (SSSR count). The van der Waals surface area contributed by atoms with Gasteiger partial charge in [0.05, 0.1) is 11.3 Å². The van der Waals surface area contributed by atoms with Crippen molar-refractivity contribution in [1.82, 2.24) is 0 Å². The van der Waals surface area contributed by atoms with Gasteiger partial charge in [-0.05, 0) is 38.5 Å². The minimum atomic E-state index is -0.903. The van der Waals surface area contributed by atoms with E-state index in [9.17, 15) is 9.90 Å². The highest BCUT2D eigenvalue weighted by atomic mass is 79.9. The Morgan fingerprint density at radius 2 is 2.06 bits per heavy atom. The lowest BCUT2D eigenvalue weighted by Crippen LogP contribution is -2.41. The third-order valence-corrected chi connectivity index (χ3v) is 3.82. The SMILES string of the molecule is CCC(C)(C)N(C)c1ccc(Br)cc1C(=O)O. The molecule has 0 saturated carbocycles. The Bertz CT molecular complexity index is 429. The van der Waals surface area contributed by atoms with Crippen LogP contribution < -0.4 is 4.90 Å². The maximum absolute atomic E-state index is 11.2. The number of anilines is 1. The standard InChI is InChI=1S/C13H18BrNO2/c1-5-13(2,3)15(4)11-7-6-9(14)8-10(11)12(16)17/h6-8H,5H2,1-4H3,(H,16,17). The highest BCUT2D eigenvalue weighted by Gasteiger charge is 2.25. The molecule has 0 fully saturated rings. The third-order valence-electron chi connectivity index (χ3n) is 3.32. The number of carboxylic acids is 1. The number of hydrogen-bond acceptors (Lipinski definition) is 2. The normalized spacial score (nSPS) is 11.4. The molecule has 4 heteroatoms.